The maximum Gasteiger partial charge on any atom is 0.222 e. The molecule has 0 unspecified atom stereocenters. The molecule has 0 aliphatic carbocycles. The lowest BCUT2D eigenvalue weighted by molar-refractivity contribution is -0.131. The number of carbonyl (C=O) groups is 1. The van der Waals surface area contributed by atoms with Gasteiger partial charge in [-0.2, -0.15) is 0 Å². The van der Waals surface area contributed by atoms with Crippen LogP contribution >= 0.6 is 0 Å². The Labute approximate surface area is 131 Å². The molecule has 1 aliphatic heterocycles. The fourth-order valence-electron chi connectivity index (χ4n) is 3.01. The maximum absolute atomic E-state index is 12.0. The minimum atomic E-state index is 0.368. The van der Waals surface area contributed by atoms with Crippen LogP contribution in [0.5, 0.6) is 0 Å². The van der Waals surface area contributed by atoms with Gasteiger partial charge in [-0.15, -0.1) is 0 Å². The van der Waals surface area contributed by atoms with Gasteiger partial charge in [0.2, 0.25) is 5.91 Å². The molecule has 3 heteroatoms. The highest BCUT2D eigenvalue weighted by Crippen LogP contribution is 2.12. The number of carbonyl (C=O) groups excluding carboxylic acids is 1. The van der Waals surface area contributed by atoms with E-state index < -0.39 is 0 Å². The van der Waals surface area contributed by atoms with E-state index in [1.165, 1.54) is 64.2 Å². The topological polar surface area (TPSA) is 32.3 Å². The summed E-state index contributed by atoms with van der Waals surface area (Å²) in [6.45, 7) is 5.99. The third-order valence-corrected chi connectivity index (χ3v) is 4.46. The van der Waals surface area contributed by atoms with Crippen molar-refractivity contribution in [2.45, 2.75) is 84.0 Å². The maximum atomic E-state index is 12.0. The zero-order chi connectivity index (χ0) is 15.2. The Hall–Kier alpha value is -0.570. The average molecular weight is 296 g/mol. The van der Waals surface area contributed by atoms with Gasteiger partial charge in [0.05, 0.1) is 0 Å². The van der Waals surface area contributed by atoms with Crippen molar-refractivity contribution < 1.29 is 4.79 Å². The van der Waals surface area contributed by atoms with Crippen LogP contribution in [0.15, 0.2) is 0 Å². The van der Waals surface area contributed by atoms with E-state index in [9.17, 15) is 4.79 Å². The van der Waals surface area contributed by atoms with E-state index in [4.69, 9.17) is 0 Å². The standard InChI is InChI=1S/C18H36N2O/c1-2-3-4-5-6-7-8-9-10-11-12-13-18(21)20-16-14-19-15-17-20/h19H,2-17H2,1H3. The number of nitrogens with zero attached hydrogens (tertiary/aromatic N) is 1. The first-order valence-corrected chi connectivity index (χ1v) is 9.33. The summed E-state index contributed by atoms with van der Waals surface area (Å²) in [5.74, 6) is 0.368. The molecular weight excluding hydrogens is 260 g/mol. The quantitative estimate of drug-likeness (QED) is 0.549. The van der Waals surface area contributed by atoms with Gasteiger partial charge in [0.1, 0.15) is 0 Å². The van der Waals surface area contributed by atoms with Gasteiger partial charge in [-0.1, -0.05) is 71.1 Å². The molecule has 1 N–H and O–H groups in total. The van der Waals surface area contributed by atoms with Crippen LogP contribution in [-0.2, 0) is 4.79 Å². The third kappa shape index (κ3) is 9.89. The minimum Gasteiger partial charge on any atom is -0.340 e. The molecule has 1 amide bonds. The summed E-state index contributed by atoms with van der Waals surface area (Å²) in [4.78, 5) is 14.0. The lowest BCUT2D eigenvalue weighted by Gasteiger charge is -2.27. The van der Waals surface area contributed by atoms with Gasteiger partial charge in [-0.05, 0) is 6.42 Å². The number of hydrogen-bond donors (Lipinski definition) is 1. The van der Waals surface area contributed by atoms with Gasteiger partial charge >= 0.3 is 0 Å². The van der Waals surface area contributed by atoms with Crippen LogP contribution in [0, 0.1) is 0 Å². The normalized spacial score (nSPS) is 15.4. The first kappa shape index (κ1) is 18.5. The van der Waals surface area contributed by atoms with E-state index in [2.05, 4.69) is 12.2 Å². The first-order valence-electron chi connectivity index (χ1n) is 9.33. The molecule has 0 aromatic carbocycles. The molecule has 0 radical (unpaired) electrons. The highest BCUT2D eigenvalue weighted by Gasteiger charge is 2.14. The van der Waals surface area contributed by atoms with Crippen molar-refractivity contribution in [3.05, 3.63) is 0 Å². The SMILES string of the molecule is CCCCCCCCCCCCCC(=O)N1CCNCC1. The predicted octanol–water partition coefficient (Wildman–Crippen LogP) is 4.12. The van der Waals surface area contributed by atoms with Crippen molar-refractivity contribution in [2.75, 3.05) is 26.2 Å². The van der Waals surface area contributed by atoms with Gasteiger partial charge in [-0.25, -0.2) is 0 Å². The molecule has 0 spiro atoms. The second-order valence-electron chi connectivity index (χ2n) is 6.42. The predicted molar refractivity (Wildman–Crippen MR) is 90.5 cm³/mol. The summed E-state index contributed by atoms with van der Waals surface area (Å²) in [5, 5.41) is 3.29. The lowest BCUT2D eigenvalue weighted by Crippen LogP contribution is -2.46. The number of unbranched alkanes of at least 4 members (excludes halogenated alkanes) is 10. The van der Waals surface area contributed by atoms with Gasteiger partial charge < -0.3 is 10.2 Å². The molecule has 124 valence electrons. The summed E-state index contributed by atoms with van der Waals surface area (Å²) >= 11 is 0. The van der Waals surface area contributed by atoms with Crippen molar-refractivity contribution in [1.29, 1.82) is 0 Å². The fraction of sp³-hybridized carbons (Fsp3) is 0.944. The van der Waals surface area contributed by atoms with Crippen LogP contribution in [0.4, 0.5) is 0 Å². The third-order valence-electron chi connectivity index (χ3n) is 4.46. The van der Waals surface area contributed by atoms with E-state index in [1.807, 2.05) is 4.90 Å². The Morgan fingerprint density at radius 3 is 1.81 bits per heavy atom. The zero-order valence-electron chi connectivity index (χ0n) is 14.2. The summed E-state index contributed by atoms with van der Waals surface area (Å²) in [5.41, 5.74) is 0. The largest absolute Gasteiger partial charge is 0.340 e. The highest BCUT2D eigenvalue weighted by atomic mass is 16.2. The van der Waals surface area contributed by atoms with Gasteiger partial charge in [-0.3, -0.25) is 4.79 Å². The smallest absolute Gasteiger partial charge is 0.222 e. The second-order valence-corrected chi connectivity index (χ2v) is 6.42. The molecule has 1 heterocycles. The molecule has 21 heavy (non-hydrogen) atoms. The summed E-state index contributed by atoms with van der Waals surface area (Å²) in [6.07, 6.45) is 15.5. The Balaban J connectivity index is 1.80. The van der Waals surface area contributed by atoms with Gasteiger partial charge in [0, 0.05) is 32.6 Å². The van der Waals surface area contributed by atoms with E-state index in [-0.39, 0.29) is 0 Å². The van der Waals surface area contributed by atoms with Crippen molar-refractivity contribution in [3.63, 3.8) is 0 Å². The van der Waals surface area contributed by atoms with Crippen molar-refractivity contribution >= 4 is 5.91 Å². The molecule has 1 aliphatic rings. The van der Waals surface area contributed by atoms with Crippen LogP contribution in [-0.4, -0.2) is 37.0 Å². The molecule has 0 saturated carbocycles. The number of nitrogens with one attached hydrogen (secondary N) is 1. The number of rotatable bonds is 12. The molecule has 0 aromatic heterocycles. The second kappa shape index (κ2) is 13.1. The monoisotopic (exact) mass is 296 g/mol. The van der Waals surface area contributed by atoms with Crippen LogP contribution < -0.4 is 5.32 Å². The Kier molecular flexibility index (Phi) is 11.5. The Bertz CT molecular complexity index is 250. The number of piperazine rings is 1. The molecule has 0 bridgehead atoms. The van der Waals surface area contributed by atoms with Crippen molar-refractivity contribution in [1.82, 2.24) is 10.2 Å². The summed E-state index contributed by atoms with van der Waals surface area (Å²) < 4.78 is 0. The van der Waals surface area contributed by atoms with Gasteiger partial charge in [0.25, 0.3) is 0 Å². The minimum absolute atomic E-state index is 0.368. The molecule has 1 saturated heterocycles. The molecule has 1 rings (SSSR count). The molecule has 0 atom stereocenters. The number of amides is 1. The molecular formula is C18H36N2O. The zero-order valence-corrected chi connectivity index (χ0v) is 14.2. The first-order chi connectivity index (χ1) is 10.3. The Morgan fingerprint density at radius 1 is 0.810 bits per heavy atom. The summed E-state index contributed by atoms with van der Waals surface area (Å²) in [7, 11) is 0. The van der Waals surface area contributed by atoms with Crippen molar-refractivity contribution in [3.8, 4) is 0 Å². The molecule has 1 fully saturated rings. The highest BCUT2D eigenvalue weighted by molar-refractivity contribution is 5.76. The van der Waals surface area contributed by atoms with Crippen LogP contribution in [0.3, 0.4) is 0 Å². The molecule has 3 nitrogen and oxygen atoms in total. The number of hydrogen-bond acceptors (Lipinski definition) is 2. The van der Waals surface area contributed by atoms with Crippen LogP contribution in [0.2, 0.25) is 0 Å². The van der Waals surface area contributed by atoms with Crippen LogP contribution in [0.25, 0.3) is 0 Å². The van der Waals surface area contributed by atoms with E-state index in [0.29, 0.717) is 5.91 Å². The van der Waals surface area contributed by atoms with E-state index in [0.717, 1.165) is 39.0 Å². The van der Waals surface area contributed by atoms with Crippen LogP contribution in [0.1, 0.15) is 84.0 Å². The fourth-order valence-corrected chi connectivity index (χ4v) is 3.01. The van der Waals surface area contributed by atoms with E-state index >= 15 is 0 Å². The van der Waals surface area contributed by atoms with E-state index in [1.54, 1.807) is 0 Å². The Morgan fingerprint density at radius 2 is 1.29 bits per heavy atom. The summed E-state index contributed by atoms with van der Waals surface area (Å²) in [6, 6.07) is 0. The average Bonchev–Trinajstić information content (AvgIpc) is 2.53. The lowest BCUT2D eigenvalue weighted by atomic mass is 10.1. The van der Waals surface area contributed by atoms with Gasteiger partial charge in [0.15, 0.2) is 0 Å². The van der Waals surface area contributed by atoms with Crippen molar-refractivity contribution in [2.24, 2.45) is 0 Å². The molecule has 0 aromatic rings.